The Bertz CT molecular complexity index is 1830. The molecule has 0 aromatic heterocycles. The van der Waals surface area contributed by atoms with Crippen molar-refractivity contribution in [2.24, 2.45) is 0 Å². The number of benzene rings is 4. The molecule has 0 saturated carbocycles. The first-order valence-electron chi connectivity index (χ1n) is 18.1. The predicted octanol–water partition coefficient (Wildman–Crippen LogP) is 8.41. The number of carbonyl (C=O) groups is 2. The third-order valence-corrected chi connectivity index (χ3v) is 9.54. The molecule has 4 aromatic carbocycles. The Kier molecular flexibility index (Phi) is 13.9. The van der Waals surface area contributed by atoms with E-state index in [4.69, 9.17) is 19.3 Å². The van der Waals surface area contributed by atoms with Crippen molar-refractivity contribution >= 4 is 11.9 Å². The minimum Gasteiger partial charge on any atom is -0.508 e. The number of hydrogen-bond acceptors (Lipinski definition) is 7. The molecular formula is C44H55NO7. The lowest BCUT2D eigenvalue weighted by Gasteiger charge is -2.26. The number of aromatic hydroxyl groups is 1. The van der Waals surface area contributed by atoms with Crippen LogP contribution in [0.3, 0.4) is 0 Å². The van der Waals surface area contributed by atoms with Gasteiger partial charge in [0, 0.05) is 13.1 Å². The first kappa shape index (κ1) is 40.0. The maximum atomic E-state index is 11.8. The van der Waals surface area contributed by atoms with Crippen molar-refractivity contribution in [3.8, 4) is 17.2 Å². The van der Waals surface area contributed by atoms with E-state index in [0.29, 0.717) is 36.3 Å². The normalized spacial score (nSPS) is 12.6. The number of rotatable bonds is 13. The van der Waals surface area contributed by atoms with Crippen LogP contribution >= 0.6 is 0 Å². The summed E-state index contributed by atoms with van der Waals surface area (Å²) in [6.45, 7) is 20.0. The van der Waals surface area contributed by atoms with Crippen molar-refractivity contribution in [3.05, 3.63) is 122 Å². The fraction of sp³-hybridized carbons (Fsp3) is 0.409. The molecule has 1 aliphatic rings. The van der Waals surface area contributed by atoms with E-state index in [9.17, 15) is 14.7 Å². The Balaban J connectivity index is 0.000000236. The molecular weight excluding hydrogens is 654 g/mol. The second-order valence-electron chi connectivity index (χ2n) is 14.6. The highest BCUT2D eigenvalue weighted by Crippen LogP contribution is 2.30. The smallest absolute Gasteiger partial charge is 0.344 e. The molecule has 0 amide bonds. The summed E-state index contributed by atoms with van der Waals surface area (Å²) >= 11 is 0. The molecule has 1 fully saturated rings. The van der Waals surface area contributed by atoms with Crippen molar-refractivity contribution in [1.29, 1.82) is 0 Å². The molecule has 8 heteroatoms. The van der Waals surface area contributed by atoms with Crippen LogP contribution in [-0.2, 0) is 27.2 Å². The van der Waals surface area contributed by atoms with Crippen molar-refractivity contribution in [1.82, 2.24) is 5.32 Å². The van der Waals surface area contributed by atoms with Crippen molar-refractivity contribution in [2.45, 2.75) is 93.1 Å². The van der Waals surface area contributed by atoms with Gasteiger partial charge in [0.05, 0.1) is 0 Å². The molecule has 52 heavy (non-hydrogen) atoms. The number of aryl methyl sites for hydroxylation is 5. The number of phenolic OH excluding ortho intramolecular Hbond substituents is 1. The van der Waals surface area contributed by atoms with E-state index in [-0.39, 0.29) is 31.2 Å². The number of carboxylic acids is 1. The van der Waals surface area contributed by atoms with Gasteiger partial charge in [-0.3, -0.25) is 0 Å². The predicted molar refractivity (Wildman–Crippen MR) is 206 cm³/mol. The number of nitrogens with one attached hydrogen (secondary N) is 1. The van der Waals surface area contributed by atoms with Crippen LogP contribution in [0.5, 0.6) is 17.2 Å². The average Bonchev–Trinajstić information content (AvgIpc) is 3.05. The highest BCUT2D eigenvalue weighted by Gasteiger charge is 2.21. The van der Waals surface area contributed by atoms with Crippen LogP contribution in [0.4, 0.5) is 0 Å². The fourth-order valence-electron chi connectivity index (χ4n) is 6.49. The molecule has 0 unspecified atom stereocenters. The molecule has 0 radical (unpaired) electrons. The fourth-order valence-corrected chi connectivity index (χ4v) is 6.49. The third-order valence-electron chi connectivity index (χ3n) is 9.54. The van der Waals surface area contributed by atoms with Crippen LogP contribution in [0.25, 0.3) is 0 Å². The summed E-state index contributed by atoms with van der Waals surface area (Å²) in [6.07, 6.45) is 1.63. The van der Waals surface area contributed by atoms with Crippen LogP contribution < -0.4 is 14.8 Å². The lowest BCUT2D eigenvalue weighted by atomic mass is 9.91. The first-order chi connectivity index (χ1) is 24.6. The van der Waals surface area contributed by atoms with E-state index in [1.807, 2.05) is 44.2 Å². The Morgan fingerprint density at radius 1 is 0.673 bits per heavy atom. The lowest BCUT2D eigenvalue weighted by molar-refractivity contribution is -0.153. The minimum absolute atomic E-state index is 0.0250. The summed E-state index contributed by atoms with van der Waals surface area (Å²) in [5.74, 6) is 1.12. The number of phenols is 1. The summed E-state index contributed by atoms with van der Waals surface area (Å²) < 4.78 is 16.2. The highest BCUT2D eigenvalue weighted by molar-refractivity contribution is 5.71. The van der Waals surface area contributed by atoms with Crippen LogP contribution in [0, 0.1) is 34.6 Å². The van der Waals surface area contributed by atoms with E-state index >= 15 is 0 Å². The maximum Gasteiger partial charge on any atom is 0.344 e. The van der Waals surface area contributed by atoms with Crippen molar-refractivity contribution < 1.29 is 34.0 Å². The number of esters is 1. The van der Waals surface area contributed by atoms with Gasteiger partial charge >= 0.3 is 11.9 Å². The zero-order chi connectivity index (χ0) is 38.1. The van der Waals surface area contributed by atoms with Crippen LogP contribution in [0.1, 0.15) is 101 Å². The van der Waals surface area contributed by atoms with Gasteiger partial charge in [0.2, 0.25) is 0 Å². The number of hydrogen-bond donors (Lipinski definition) is 3. The van der Waals surface area contributed by atoms with E-state index in [0.717, 1.165) is 40.7 Å². The summed E-state index contributed by atoms with van der Waals surface area (Å²) in [4.78, 5) is 22.5. The van der Waals surface area contributed by atoms with Gasteiger partial charge in [-0.15, -0.1) is 0 Å². The minimum atomic E-state index is -0.963. The summed E-state index contributed by atoms with van der Waals surface area (Å²) in [5.41, 5.74) is 13.2. The molecule has 8 nitrogen and oxygen atoms in total. The average molecular weight is 710 g/mol. The Morgan fingerprint density at radius 3 is 1.58 bits per heavy atom. The standard InChI is InChI=1S/C23H29NO4.C21H26O3/c1-14(2)20-9-17(5-6-22(20)25)10-21-15(3)7-18(8-16(21)4)27-13-23(26)28-19-11-24-12-19;1-13(2)19-10-17(7-6-14(19)3)11-20-15(4)8-18(9-16(20)5)24-12-21(22)23/h5-9,14,19,24-25H,10-13H2,1-4H3;6-10,13H,11-12H2,1-5H3,(H,22,23). The molecule has 1 saturated heterocycles. The number of carboxylic acid groups (broad SMARTS) is 1. The number of ether oxygens (including phenoxy) is 3. The Hall–Kier alpha value is -4.82. The van der Waals surface area contributed by atoms with Gasteiger partial charge in [0.15, 0.2) is 13.2 Å². The third kappa shape index (κ3) is 11.1. The topological polar surface area (TPSA) is 114 Å². The SMILES string of the molecule is Cc1cc(OCC(=O)OC2CNC2)cc(C)c1Cc1ccc(O)c(C(C)C)c1.Cc1ccc(Cc2c(C)cc(OCC(=O)O)cc2C)cc1C(C)C. The van der Waals surface area contributed by atoms with Gasteiger partial charge in [-0.1, -0.05) is 58.0 Å². The lowest BCUT2D eigenvalue weighted by Crippen LogP contribution is -2.49. The van der Waals surface area contributed by atoms with Crippen molar-refractivity contribution in [3.63, 3.8) is 0 Å². The van der Waals surface area contributed by atoms with E-state index < -0.39 is 5.97 Å². The number of carbonyl (C=O) groups excluding carboxylic acids is 1. The monoisotopic (exact) mass is 709 g/mol. The summed E-state index contributed by atoms with van der Waals surface area (Å²) in [7, 11) is 0. The zero-order valence-corrected chi connectivity index (χ0v) is 32.2. The molecule has 0 atom stereocenters. The summed E-state index contributed by atoms with van der Waals surface area (Å²) in [5, 5.41) is 21.8. The molecule has 3 N–H and O–H groups in total. The van der Waals surface area contributed by atoms with Gasteiger partial charge in [-0.05, 0) is 151 Å². The van der Waals surface area contributed by atoms with Crippen LogP contribution in [0.2, 0.25) is 0 Å². The van der Waals surface area contributed by atoms with Gasteiger partial charge in [-0.25, -0.2) is 9.59 Å². The largest absolute Gasteiger partial charge is 0.508 e. The van der Waals surface area contributed by atoms with E-state index in [2.05, 4.69) is 78.0 Å². The molecule has 1 aliphatic heterocycles. The molecule has 5 rings (SSSR count). The van der Waals surface area contributed by atoms with Gasteiger partial charge in [0.25, 0.3) is 0 Å². The highest BCUT2D eigenvalue weighted by atomic mass is 16.6. The van der Waals surface area contributed by atoms with Gasteiger partial charge < -0.3 is 29.7 Å². The second kappa shape index (κ2) is 18.1. The first-order valence-corrected chi connectivity index (χ1v) is 18.1. The Morgan fingerprint density at radius 2 is 1.13 bits per heavy atom. The maximum absolute atomic E-state index is 11.8. The Labute approximate surface area is 309 Å². The van der Waals surface area contributed by atoms with Crippen LogP contribution in [0.15, 0.2) is 60.7 Å². The van der Waals surface area contributed by atoms with E-state index in [1.165, 1.54) is 33.4 Å². The van der Waals surface area contributed by atoms with Crippen LogP contribution in [-0.4, -0.2) is 54.6 Å². The quantitative estimate of drug-likeness (QED) is 0.119. The van der Waals surface area contributed by atoms with Crippen molar-refractivity contribution in [2.75, 3.05) is 26.3 Å². The second-order valence-corrected chi connectivity index (χ2v) is 14.6. The van der Waals surface area contributed by atoms with E-state index in [1.54, 1.807) is 6.07 Å². The van der Waals surface area contributed by atoms with Gasteiger partial charge in [0.1, 0.15) is 23.4 Å². The molecule has 4 aromatic rings. The molecule has 1 heterocycles. The summed E-state index contributed by atoms with van der Waals surface area (Å²) in [6, 6.07) is 20.3. The zero-order valence-electron chi connectivity index (χ0n) is 32.2. The van der Waals surface area contributed by atoms with Gasteiger partial charge in [-0.2, -0.15) is 0 Å². The molecule has 0 aliphatic carbocycles. The molecule has 0 spiro atoms. The number of aliphatic carboxylic acids is 1. The molecule has 278 valence electrons. The molecule has 0 bridgehead atoms.